The van der Waals surface area contributed by atoms with Gasteiger partial charge in [-0.3, -0.25) is 0 Å². The first-order valence-electron chi connectivity index (χ1n) is 6.88. The van der Waals surface area contributed by atoms with Gasteiger partial charge in [0, 0.05) is 12.0 Å². The predicted molar refractivity (Wildman–Crippen MR) is 67.2 cm³/mol. The van der Waals surface area contributed by atoms with E-state index < -0.39 is 0 Å². The lowest BCUT2D eigenvalue weighted by Gasteiger charge is -2.22. The van der Waals surface area contributed by atoms with Gasteiger partial charge in [-0.25, -0.2) is 4.79 Å². The summed E-state index contributed by atoms with van der Waals surface area (Å²) >= 11 is 0. The van der Waals surface area contributed by atoms with Gasteiger partial charge in [-0.2, -0.15) is 0 Å². The van der Waals surface area contributed by atoms with Crippen LogP contribution >= 0.6 is 0 Å². The maximum atomic E-state index is 11.7. The maximum Gasteiger partial charge on any atom is 0.333 e. The van der Waals surface area contributed by atoms with Crippen molar-refractivity contribution < 1.29 is 19.0 Å². The highest BCUT2D eigenvalue weighted by Crippen LogP contribution is 2.38. The molecule has 0 aromatic rings. The van der Waals surface area contributed by atoms with Gasteiger partial charge in [0.2, 0.25) is 0 Å². The van der Waals surface area contributed by atoms with Gasteiger partial charge < -0.3 is 14.2 Å². The van der Waals surface area contributed by atoms with E-state index in [-0.39, 0.29) is 30.4 Å². The number of carbonyl (C=O) groups is 1. The highest BCUT2D eigenvalue weighted by atomic mass is 16.6. The Morgan fingerprint density at radius 3 is 2.78 bits per heavy atom. The Labute approximate surface area is 108 Å². The van der Waals surface area contributed by atoms with Crippen molar-refractivity contribution in [3.8, 4) is 0 Å². The average Bonchev–Trinajstić information content (AvgIpc) is 3.15. The quantitative estimate of drug-likeness (QED) is 0.538. The second kappa shape index (κ2) is 5.85. The first-order valence-corrected chi connectivity index (χ1v) is 6.88. The summed E-state index contributed by atoms with van der Waals surface area (Å²) in [5.74, 6) is -0.232. The summed E-state index contributed by atoms with van der Waals surface area (Å²) in [4.78, 5) is 11.7. The molecular weight excluding hydrogens is 232 g/mol. The van der Waals surface area contributed by atoms with Gasteiger partial charge in [0.1, 0.15) is 12.2 Å². The lowest BCUT2D eigenvalue weighted by atomic mass is 9.97. The van der Waals surface area contributed by atoms with Crippen LogP contribution in [0.5, 0.6) is 0 Å². The molecule has 0 aromatic carbocycles. The molecule has 1 saturated heterocycles. The van der Waals surface area contributed by atoms with E-state index in [2.05, 4.69) is 13.8 Å². The lowest BCUT2D eigenvalue weighted by molar-refractivity contribution is -0.138. The van der Waals surface area contributed by atoms with Crippen LogP contribution in [-0.4, -0.2) is 37.0 Å². The van der Waals surface area contributed by atoms with Gasteiger partial charge in [0.25, 0.3) is 0 Å². The van der Waals surface area contributed by atoms with Crippen molar-refractivity contribution in [3.05, 3.63) is 11.6 Å². The molecule has 1 fully saturated rings. The zero-order valence-electron chi connectivity index (χ0n) is 11.3. The molecule has 2 aliphatic rings. The van der Waals surface area contributed by atoms with Crippen LogP contribution < -0.4 is 0 Å². The van der Waals surface area contributed by atoms with E-state index in [1.54, 1.807) is 0 Å². The van der Waals surface area contributed by atoms with Crippen molar-refractivity contribution in [2.75, 3.05) is 6.61 Å². The highest BCUT2D eigenvalue weighted by Gasteiger charge is 2.49. The predicted octanol–water partition coefficient (Wildman–Crippen LogP) is 2.22. The normalized spacial score (nSPS) is 29.8. The third kappa shape index (κ3) is 2.93. The summed E-state index contributed by atoms with van der Waals surface area (Å²) in [6.07, 6.45) is 4.94. The zero-order valence-corrected chi connectivity index (χ0v) is 11.3. The van der Waals surface area contributed by atoms with Crippen LogP contribution in [0.4, 0.5) is 0 Å². The molecule has 0 spiro atoms. The van der Waals surface area contributed by atoms with E-state index in [9.17, 15) is 4.79 Å². The Balaban J connectivity index is 2.00. The van der Waals surface area contributed by atoms with E-state index >= 15 is 0 Å². The number of ether oxygens (including phenoxy) is 3. The summed E-state index contributed by atoms with van der Waals surface area (Å²) in [7, 11) is 0. The fourth-order valence-corrected chi connectivity index (χ4v) is 2.38. The van der Waals surface area contributed by atoms with Gasteiger partial charge in [-0.15, -0.1) is 0 Å². The van der Waals surface area contributed by atoms with Crippen molar-refractivity contribution in [2.45, 2.75) is 64.4 Å². The first-order chi connectivity index (χ1) is 8.69. The summed E-state index contributed by atoms with van der Waals surface area (Å²) in [5.41, 5.74) is 0.701. The highest BCUT2D eigenvalue weighted by molar-refractivity contribution is 5.89. The molecule has 0 amide bonds. The molecule has 3 unspecified atom stereocenters. The van der Waals surface area contributed by atoms with Crippen LogP contribution in [0.3, 0.4) is 0 Å². The maximum absolute atomic E-state index is 11.7. The Hall–Kier alpha value is -0.870. The number of fused-ring (bicyclic) bond motifs is 1. The van der Waals surface area contributed by atoms with E-state index in [0.29, 0.717) is 18.6 Å². The number of carbonyl (C=O) groups excluding carboxylic acids is 1. The van der Waals surface area contributed by atoms with E-state index in [1.165, 1.54) is 0 Å². The van der Waals surface area contributed by atoms with Gasteiger partial charge in [0.15, 0.2) is 0 Å². The van der Waals surface area contributed by atoms with Crippen LogP contribution in [0, 0.1) is 0 Å². The SMILES string of the molecule is CCOC(=O)C1=CC(OC(CC)CC)C2OC2C1. The van der Waals surface area contributed by atoms with Crippen LogP contribution in [0.1, 0.15) is 40.0 Å². The van der Waals surface area contributed by atoms with Gasteiger partial charge in [-0.1, -0.05) is 13.8 Å². The molecule has 0 saturated carbocycles. The van der Waals surface area contributed by atoms with Gasteiger partial charge >= 0.3 is 5.97 Å². The summed E-state index contributed by atoms with van der Waals surface area (Å²) < 4.78 is 16.6. The van der Waals surface area contributed by atoms with Crippen LogP contribution in [0.2, 0.25) is 0 Å². The number of esters is 1. The van der Waals surface area contributed by atoms with Crippen molar-refractivity contribution in [1.82, 2.24) is 0 Å². The van der Waals surface area contributed by atoms with Gasteiger partial charge in [-0.05, 0) is 25.8 Å². The molecule has 1 aliphatic heterocycles. The number of hydrogen-bond acceptors (Lipinski definition) is 4. The van der Waals surface area contributed by atoms with E-state index in [1.807, 2.05) is 13.0 Å². The molecule has 0 N–H and O–H groups in total. The summed E-state index contributed by atoms with van der Waals surface area (Å²) in [5, 5.41) is 0. The molecule has 0 radical (unpaired) electrons. The summed E-state index contributed by atoms with van der Waals surface area (Å²) in [6.45, 7) is 6.44. The van der Waals surface area contributed by atoms with Gasteiger partial charge in [0.05, 0.1) is 18.8 Å². The van der Waals surface area contributed by atoms with Crippen molar-refractivity contribution in [2.24, 2.45) is 0 Å². The molecule has 102 valence electrons. The Morgan fingerprint density at radius 1 is 1.44 bits per heavy atom. The molecule has 0 aromatic heterocycles. The third-order valence-electron chi connectivity index (χ3n) is 3.53. The Bertz CT molecular complexity index is 333. The molecule has 1 heterocycles. The molecule has 4 heteroatoms. The Morgan fingerprint density at radius 2 is 2.17 bits per heavy atom. The average molecular weight is 254 g/mol. The minimum atomic E-state index is -0.232. The smallest absolute Gasteiger partial charge is 0.333 e. The monoisotopic (exact) mass is 254 g/mol. The van der Waals surface area contributed by atoms with Crippen LogP contribution in [0.25, 0.3) is 0 Å². The first kappa shape index (κ1) is 13.6. The molecule has 1 aliphatic carbocycles. The molecule has 4 nitrogen and oxygen atoms in total. The second-order valence-electron chi connectivity index (χ2n) is 4.79. The van der Waals surface area contributed by atoms with E-state index in [4.69, 9.17) is 14.2 Å². The second-order valence-corrected chi connectivity index (χ2v) is 4.79. The molecule has 18 heavy (non-hydrogen) atoms. The molecule has 2 rings (SSSR count). The molecule has 3 atom stereocenters. The summed E-state index contributed by atoms with van der Waals surface area (Å²) in [6, 6.07) is 0. The largest absolute Gasteiger partial charge is 0.463 e. The number of rotatable bonds is 6. The molecular formula is C14H22O4. The topological polar surface area (TPSA) is 48.1 Å². The fraction of sp³-hybridized carbons (Fsp3) is 0.786. The van der Waals surface area contributed by atoms with Crippen LogP contribution in [-0.2, 0) is 19.0 Å². The minimum Gasteiger partial charge on any atom is -0.463 e. The zero-order chi connectivity index (χ0) is 13.1. The van der Waals surface area contributed by atoms with Crippen LogP contribution in [0.15, 0.2) is 11.6 Å². The molecule has 0 bridgehead atoms. The number of hydrogen-bond donors (Lipinski definition) is 0. The van der Waals surface area contributed by atoms with Crippen molar-refractivity contribution >= 4 is 5.97 Å². The minimum absolute atomic E-state index is 0.0898. The number of epoxide rings is 1. The lowest BCUT2D eigenvalue weighted by Crippen LogP contribution is -2.30. The fourth-order valence-electron chi connectivity index (χ4n) is 2.38. The van der Waals surface area contributed by atoms with Crippen molar-refractivity contribution in [1.29, 1.82) is 0 Å². The third-order valence-corrected chi connectivity index (χ3v) is 3.53. The Kier molecular flexibility index (Phi) is 4.40. The standard InChI is InChI=1S/C14H22O4/c1-4-10(5-2)17-11-7-9(14(15)16-6-3)8-12-13(11)18-12/h7,10-13H,4-6,8H2,1-3H3. The van der Waals surface area contributed by atoms with Crippen molar-refractivity contribution in [3.63, 3.8) is 0 Å². The van der Waals surface area contributed by atoms with E-state index in [0.717, 1.165) is 12.8 Å².